The number of carbonyl (C=O) groups excluding carboxylic acids is 1. The van der Waals surface area contributed by atoms with Crippen molar-refractivity contribution in [3.05, 3.63) is 29.8 Å². The average molecular weight is 328 g/mol. The van der Waals surface area contributed by atoms with Crippen LogP contribution >= 0.6 is 7.60 Å². The molecule has 1 heterocycles. The van der Waals surface area contributed by atoms with Crippen molar-refractivity contribution in [1.82, 2.24) is 5.32 Å². The molecule has 8 nitrogen and oxygen atoms in total. The molecule has 2 rings (SSSR count). The Hall–Kier alpha value is -1.73. The van der Waals surface area contributed by atoms with Gasteiger partial charge in [0, 0.05) is 5.69 Å². The highest BCUT2D eigenvalue weighted by Gasteiger charge is 2.32. The fraction of sp³-hybridized carbons (Fsp3) is 0.385. The average Bonchev–Trinajstić information content (AvgIpc) is 2.55. The third-order valence-electron chi connectivity index (χ3n) is 3.39. The van der Waals surface area contributed by atoms with E-state index in [9.17, 15) is 14.2 Å². The lowest BCUT2D eigenvalue weighted by Crippen LogP contribution is -2.47. The lowest BCUT2D eigenvalue weighted by Gasteiger charge is -2.24. The molecular formula is C13H17N2O6P. The standard InChI is InChI=1S/C13H17N2O6P/c16-12(17)7-15-11-4-2-1-3-9(11)5-6-10(13(15)18)14-8-22(19,20)21/h1-4,10,14H,5-8H2,(H,16,17)(H2,19,20,21)/t10-/m0/s1. The number of aryl methyl sites for hydroxylation is 1. The van der Waals surface area contributed by atoms with Crippen molar-refractivity contribution in [1.29, 1.82) is 0 Å². The number of nitrogens with zero attached hydrogens (tertiary/aromatic N) is 1. The molecule has 0 bridgehead atoms. The van der Waals surface area contributed by atoms with E-state index in [2.05, 4.69) is 5.32 Å². The lowest BCUT2D eigenvalue weighted by atomic mass is 10.1. The van der Waals surface area contributed by atoms with Gasteiger partial charge in [-0.2, -0.15) is 0 Å². The highest BCUT2D eigenvalue weighted by molar-refractivity contribution is 7.51. The number of anilines is 1. The maximum absolute atomic E-state index is 12.5. The van der Waals surface area contributed by atoms with Gasteiger partial charge < -0.3 is 14.9 Å². The Labute approximate surface area is 126 Å². The van der Waals surface area contributed by atoms with E-state index in [1.165, 1.54) is 0 Å². The Bertz CT molecular complexity index is 629. The number of carbonyl (C=O) groups is 2. The fourth-order valence-electron chi connectivity index (χ4n) is 2.43. The zero-order valence-electron chi connectivity index (χ0n) is 11.7. The summed E-state index contributed by atoms with van der Waals surface area (Å²) in [4.78, 5) is 42.5. The van der Waals surface area contributed by atoms with Gasteiger partial charge in [0.1, 0.15) is 6.54 Å². The quantitative estimate of drug-likeness (QED) is 0.566. The molecule has 0 aliphatic carbocycles. The predicted octanol–water partition coefficient (Wildman–Crippen LogP) is 0.144. The first-order chi connectivity index (χ1) is 10.3. The van der Waals surface area contributed by atoms with Crippen LogP contribution < -0.4 is 10.2 Å². The van der Waals surface area contributed by atoms with Crippen LogP contribution in [0.3, 0.4) is 0 Å². The first kappa shape index (κ1) is 16.6. The highest BCUT2D eigenvalue weighted by Crippen LogP contribution is 2.33. The van der Waals surface area contributed by atoms with Crippen LogP contribution in [-0.4, -0.2) is 45.6 Å². The number of hydrogen-bond acceptors (Lipinski definition) is 4. The Morgan fingerprint density at radius 2 is 2.05 bits per heavy atom. The van der Waals surface area contributed by atoms with Crippen molar-refractivity contribution in [2.24, 2.45) is 0 Å². The van der Waals surface area contributed by atoms with Gasteiger partial charge in [-0.15, -0.1) is 0 Å². The van der Waals surface area contributed by atoms with Crippen molar-refractivity contribution in [3.63, 3.8) is 0 Å². The van der Waals surface area contributed by atoms with Gasteiger partial charge in [-0.3, -0.25) is 24.4 Å². The number of carboxylic acid groups (broad SMARTS) is 1. The van der Waals surface area contributed by atoms with E-state index in [0.29, 0.717) is 18.5 Å². The Morgan fingerprint density at radius 3 is 2.68 bits per heavy atom. The van der Waals surface area contributed by atoms with Gasteiger partial charge in [0.15, 0.2) is 0 Å². The highest BCUT2D eigenvalue weighted by atomic mass is 31.2. The van der Waals surface area contributed by atoms with Crippen LogP contribution in [0, 0.1) is 0 Å². The molecule has 1 aliphatic rings. The normalized spacial score (nSPS) is 18.7. The van der Waals surface area contributed by atoms with E-state index >= 15 is 0 Å². The summed E-state index contributed by atoms with van der Waals surface area (Å²) in [6.45, 7) is -0.496. The summed E-state index contributed by atoms with van der Waals surface area (Å²) in [5, 5.41) is 11.5. The number of nitrogens with one attached hydrogen (secondary N) is 1. The first-order valence-electron chi connectivity index (χ1n) is 6.67. The zero-order valence-corrected chi connectivity index (χ0v) is 12.6. The molecular weight excluding hydrogens is 311 g/mol. The summed E-state index contributed by atoms with van der Waals surface area (Å²) < 4.78 is 11.0. The van der Waals surface area contributed by atoms with E-state index in [4.69, 9.17) is 14.9 Å². The Morgan fingerprint density at radius 1 is 1.36 bits per heavy atom. The number of aliphatic carboxylic acids is 1. The molecule has 120 valence electrons. The summed E-state index contributed by atoms with van der Waals surface area (Å²) >= 11 is 0. The third kappa shape index (κ3) is 4.14. The van der Waals surface area contributed by atoms with Crippen LogP contribution in [0.5, 0.6) is 0 Å². The molecule has 0 saturated carbocycles. The maximum Gasteiger partial charge on any atom is 0.339 e. The topological polar surface area (TPSA) is 127 Å². The minimum absolute atomic E-state index is 0.339. The largest absolute Gasteiger partial charge is 0.480 e. The van der Waals surface area contributed by atoms with Crippen molar-refractivity contribution in [3.8, 4) is 0 Å². The zero-order chi connectivity index (χ0) is 16.3. The number of para-hydroxylation sites is 1. The second-order valence-corrected chi connectivity index (χ2v) is 6.71. The monoisotopic (exact) mass is 328 g/mol. The van der Waals surface area contributed by atoms with Gasteiger partial charge in [-0.05, 0) is 24.5 Å². The molecule has 0 fully saturated rings. The van der Waals surface area contributed by atoms with E-state index < -0.39 is 38.3 Å². The second kappa shape index (κ2) is 6.58. The van der Waals surface area contributed by atoms with Crippen LogP contribution in [0.25, 0.3) is 0 Å². The van der Waals surface area contributed by atoms with Crippen molar-refractivity contribution in [2.45, 2.75) is 18.9 Å². The number of benzene rings is 1. The maximum atomic E-state index is 12.5. The van der Waals surface area contributed by atoms with Crippen LogP contribution in [0.15, 0.2) is 24.3 Å². The fourth-order valence-corrected chi connectivity index (χ4v) is 2.89. The van der Waals surface area contributed by atoms with E-state index in [-0.39, 0.29) is 0 Å². The van der Waals surface area contributed by atoms with E-state index in [0.717, 1.165) is 10.5 Å². The van der Waals surface area contributed by atoms with Crippen LogP contribution in [0.4, 0.5) is 5.69 Å². The molecule has 1 atom stereocenters. The molecule has 0 unspecified atom stereocenters. The molecule has 1 amide bonds. The smallest absolute Gasteiger partial charge is 0.339 e. The number of rotatable bonds is 5. The molecule has 0 spiro atoms. The Kier molecular flexibility index (Phi) is 4.97. The molecule has 9 heteroatoms. The number of fused-ring (bicyclic) bond motifs is 1. The summed E-state index contributed by atoms with van der Waals surface area (Å²) in [6.07, 6.45) is 0.226. The van der Waals surface area contributed by atoms with Gasteiger partial charge >= 0.3 is 13.6 Å². The minimum atomic E-state index is -4.29. The van der Waals surface area contributed by atoms with Gasteiger partial charge in [-0.1, -0.05) is 18.2 Å². The summed E-state index contributed by atoms with van der Waals surface area (Å²) in [6, 6.07) is 6.15. The van der Waals surface area contributed by atoms with Gasteiger partial charge in [0.25, 0.3) is 0 Å². The molecule has 0 saturated heterocycles. The van der Waals surface area contributed by atoms with Crippen molar-refractivity contribution >= 4 is 25.2 Å². The molecule has 22 heavy (non-hydrogen) atoms. The van der Waals surface area contributed by atoms with Crippen molar-refractivity contribution < 1.29 is 29.0 Å². The van der Waals surface area contributed by atoms with Crippen LogP contribution in [0.2, 0.25) is 0 Å². The van der Waals surface area contributed by atoms with Crippen molar-refractivity contribution in [2.75, 3.05) is 17.7 Å². The van der Waals surface area contributed by atoms with Crippen LogP contribution in [-0.2, 0) is 20.6 Å². The van der Waals surface area contributed by atoms with E-state index in [1.54, 1.807) is 18.2 Å². The third-order valence-corrected chi connectivity index (χ3v) is 3.98. The Balaban J connectivity index is 2.27. The molecule has 1 aromatic carbocycles. The van der Waals surface area contributed by atoms with Gasteiger partial charge in [-0.25, -0.2) is 0 Å². The van der Waals surface area contributed by atoms with Crippen LogP contribution in [0.1, 0.15) is 12.0 Å². The summed E-state index contributed by atoms with van der Waals surface area (Å²) in [5.74, 6) is -1.65. The molecule has 1 aliphatic heterocycles. The second-order valence-electron chi connectivity index (χ2n) is 5.07. The molecule has 0 radical (unpaired) electrons. The minimum Gasteiger partial charge on any atom is -0.480 e. The van der Waals surface area contributed by atoms with E-state index in [1.807, 2.05) is 6.07 Å². The summed E-state index contributed by atoms with van der Waals surface area (Å²) in [7, 11) is -4.29. The van der Waals surface area contributed by atoms with Gasteiger partial charge in [0.05, 0.1) is 12.3 Å². The molecule has 1 aromatic rings. The number of hydrogen-bond donors (Lipinski definition) is 4. The SMILES string of the molecule is O=C(O)CN1C(=O)[C@@H](NCP(=O)(O)O)CCc2ccccc21. The predicted molar refractivity (Wildman–Crippen MR) is 78.6 cm³/mol. The lowest BCUT2D eigenvalue weighted by molar-refractivity contribution is -0.136. The molecule has 4 N–H and O–H groups in total. The first-order valence-corrected chi connectivity index (χ1v) is 8.47. The van der Waals surface area contributed by atoms with Gasteiger partial charge in [0.2, 0.25) is 5.91 Å². The number of carboxylic acids is 1. The molecule has 0 aromatic heterocycles. The summed E-state index contributed by atoms with van der Waals surface area (Å²) in [5.41, 5.74) is 1.35. The number of amides is 1.